The van der Waals surface area contributed by atoms with Crippen LogP contribution in [0, 0.1) is 11.3 Å². The van der Waals surface area contributed by atoms with Gasteiger partial charge >= 0.3 is 0 Å². The molecule has 32 heavy (non-hydrogen) atoms. The molecule has 1 N–H and O–H groups in total. The highest BCUT2D eigenvalue weighted by atomic mass is 32.2. The first kappa shape index (κ1) is 19.9. The largest absolute Gasteiger partial charge is 0.342 e. The van der Waals surface area contributed by atoms with Crippen molar-refractivity contribution >= 4 is 39.9 Å². The topological polar surface area (TPSA) is 74.9 Å². The number of fused-ring (bicyclic) bond motifs is 1. The molecule has 1 aromatic heterocycles. The number of nitriles is 1. The Hall–Kier alpha value is -4.08. The van der Waals surface area contributed by atoms with Crippen molar-refractivity contribution in [3.05, 3.63) is 101 Å². The molecule has 1 aliphatic rings. The summed E-state index contributed by atoms with van der Waals surface area (Å²) < 4.78 is 2.14. The molecule has 2 amide bonds. The van der Waals surface area contributed by atoms with Crippen LogP contribution in [0.5, 0.6) is 0 Å². The van der Waals surface area contributed by atoms with Crippen molar-refractivity contribution in [2.45, 2.75) is 6.54 Å². The van der Waals surface area contributed by atoms with Crippen LogP contribution in [0.25, 0.3) is 28.1 Å². The molecule has 0 saturated carbocycles. The second kappa shape index (κ2) is 8.22. The molecule has 5 rings (SSSR count). The molecule has 154 valence electrons. The number of nitrogens with one attached hydrogen (secondary N) is 1. The average Bonchev–Trinajstić information content (AvgIpc) is 3.33. The maximum Gasteiger partial charge on any atom is 0.290 e. The van der Waals surface area contributed by atoms with E-state index >= 15 is 0 Å². The third-order valence-electron chi connectivity index (χ3n) is 5.41. The summed E-state index contributed by atoms with van der Waals surface area (Å²) in [5.74, 6) is -0.356. The lowest BCUT2D eigenvalue weighted by molar-refractivity contribution is -0.115. The first-order valence-corrected chi connectivity index (χ1v) is 10.9. The SMILES string of the molecule is N#Cc1ccccc1-c1ccc(Cn2cc(/C=C3\SC(=O)NC3=O)c3ccccc32)cc1. The van der Waals surface area contributed by atoms with Gasteiger partial charge in [0.2, 0.25) is 0 Å². The molecule has 0 bridgehead atoms. The third-order valence-corrected chi connectivity index (χ3v) is 6.22. The Morgan fingerprint density at radius 3 is 2.47 bits per heavy atom. The van der Waals surface area contributed by atoms with Gasteiger partial charge < -0.3 is 4.57 Å². The molecule has 1 saturated heterocycles. The minimum absolute atomic E-state index is 0.344. The summed E-state index contributed by atoms with van der Waals surface area (Å²) in [6.45, 7) is 0.655. The number of amides is 2. The molecule has 0 unspecified atom stereocenters. The Balaban J connectivity index is 1.47. The zero-order valence-corrected chi connectivity index (χ0v) is 17.7. The number of benzene rings is 3. The van der Waals surface area contributed by atoms with Crippen LogP contribution in [0.15, 0.2) is 83.9 Å². The van der Waals surface area contributed by atoms with Crippen molar-refractivity contribution in [3.63, 3.8) is 0 Å². The van der Waals surface area contributed by atoms with Crippen LogP contribution in [0.4, 0.5) is 4.79 Å². The van der Waals surface area contributed by atoms with Gasteiger partial charge in [-0.25, -0.2) is 0 Å². The van der Waals surface area contributed by atoms with Crippen LogP contribution < -0.4 is 5.32 Å². The fraction of sp³-hybridized carbons (Fsp3) is 0.0385. The molecule has 0 aliphatic carbocycles. The van der Waals surface area contributed by atoms with Crippen molar-refractivity contribution in [1.29, 1.82) is 5.26 Å². The van der Waals surface area contributed by atoms with Crippen LogP contribution in [0.3, 0.4) is 0 Å². The fourth-order valence-corrected chi connectivity index (χ4v) is 4.58. The molecular formula is C26H17N3O2S. The lowest BCUT2D eigenvalue weighted by atomic mass is 9.99. The first-order valence-electron chi connectivity index (χ1n) is 10.0. The minimum Gasteiger partial charge on any atom is -0.342 e. The number of hydrogen-bond acceptors (Lipinski definition) is 4. The third kappa shape index (κ3) is 3.70. The van der Waals surface area contributed by atoms with Gasteiger partial charge in [-0.05, 0) is 46.7 Å². The lowest BCUT2D eigenvalue weighted by Gasteiger charge is -2.08. The van der Waals surface area contributed by atoms with E-state index in [1.165, 1.54) is 0 Å². The van der Waals surface area contributed by atoms with Gasteiger partial charge in [-0.1, -0.05) is 60.7 Å². The summed E-state index contributed by atoms with van der Waals surface area (Å²) in [7, 11) is 0. The van der Waals surface area contributed by atoms with Gasteiger partial charge in [0.1, 0.15) is 0 Å². The van der Waals surface area contributed by atoms with E-state index in [0.29, 0.717) is 17.0 Å². The molecule has 0 radical (unpaired) electrons. The summed E-state index contributed by atoms with van der Waals surface area (Å²) in [5, 5.41) is 12.3. The highest BCUT2D eigenvalue weighted by Gasteiger charge is 2.25. The average molecular weight is 436 g/mol. The second-order valence-electron chi connectivity index (χ2n) is 7.44. The number of nitrogens with zero attached hydrogens (tertiary/aromatic N) is 2. The summed E-state index contributed by atoms with van der Waals surface area (Å²) in [5.41, 5.74) is 5.64. The minimum atomic E-state index is -0.356. The van der Waals surface area contributed by atoms with Crippen molar-refractivity contribution in [3.8, 4) is 17.2 Å². The molecule has 1 fully saturated rings. The number of rotatable bonds is 4. The Kier molecular flexibility index (Phi) is 5.10. The quantitative estimate of drug-likeness (QED) is 0.426. The van der Waals surface area contributed by atoms with E-state index in [1.54, 1.807) is 6.08 Å². The van der Waals surface area contributed by atoms with Crippen LogP contribution in [0.2, 0.25) is 0 Å². The number of carbonyl (C=O) groups excluding carboxylic acids is 2. The number of para-hydroxylation sites is 1. The van der Waals surface area contributed by atoms with E-state index in [2.05, 4.69) is 28.1 Å². The predicted octanol–water partition coefficient (Wildman–Crippen LogP) is 5.55. The molecule has 3 aromatic carbocycles. The first-order chi connectivity index (χ1) is 15.6. The van der Waals surface area contributed by atoms with Gasteiger partial charge in [-0.2, -0.15) is 5.26 Å². The van der Waals surface area contributed by atoms with Crippen LogP contribution in [0.1, 0.15) is 16.7 Å². The van der Waals surface area contributed by atoms with E-state index in [-0.39, 0.29) is 11.1 Å². The number of imide groups is 1. The Morgan fingerprint density at radius 1 is 0.969 bits per heavy atom. The number of hydrogen-bond donors (Lipinski definition) is 1. The van der Waals surface area contributed by atoms with Gasteiger partial charge in [0.25, 0.3) is 11.1 Å². The monoisotopic (exact) mass is 435 g/mol. The van der Waals surface area contributed by atoms with Crippen LogP contribution >= 0.6 is 11.8 Å². The van der Waals surface area contributed by atoms with Crippen LogP contribution in [-0.2, 0) is 11.3 Å². The highest BCUT2D eigenvalue weighted by Crippen LogP contribution is 2.30. The zero-order valence-electron chi connectivity index (χ0n) is 16.9. The van der Waals surface area contributed by atoms with Gasteiger partial charge in [0.05, 0.1) is 16.5 Å². The van der Waals surface area contributed by atoms with Crippen molar-refractivity contribution in [1.82, 2.24) is 9.88 Å². The molecule has 1 aliphatic heterocycles. The summed E-state index contributed by atoms with van der Waals surface area (Å²) >= 11 is 0.922. The molecule has 4 aromatic rings. The van der Waals surface area contributed by atoms with Gasteiger partial charge in [-0.3, -0.25) is 14.9 Å². The Morgan fingerprint density at radius 2 is 1.72 bits per heavy atom. The fourth-order valence-electron chi connectivity index (χ4n) is 3.90. The second-order valence-corrected chi connectivity index (χ2v) is 8.45. The van der Waals surface area contributed by atoms with Crippen molar-refractivity contribution in [2.75, 3.05) is 0 Å². The summed E-state index contributed by atoms with van der Waals surface area (Å²) in [6, 6.07) is 26.0. The Labute approximate surface area is 189 Å². The normalized spacial score (nSPS) is 14.7. The van der Waals surface area contributed by atoms with E-state index in [0.717, 1.165) is 44.9 Å². The van der Waals surface area contributed by atoms with E-state index in [4.69, 9.17) is 0 Å². The van der Waals surface area contributed by atoms with Crippen LogP contribution in [-0.4, -0.2) is 15.7 Å². The number of aromatic nitrogens is 1. The highest BCUT2D eigenvalue weighted by molar-refractivity contribution is 8.18. The van der Waals surface area contributed by atoms with Crippen molar-refractivity contribution in [2.24, 2.45) is 0 Å². The summed E-state index contributed by atoms with van der Waals surface area (Å²) in [4.78, 5) is 23.9. The molecule has 2 heterocycles. The van der Waals surface area contributed by atoms with E-state index in [9.17, 15) is 14.9 Å². The molecule has 5 nitrogen and oxygen atoms in total. The maximum atomic E-state index is 12.0. The maximum absolute atomic E-state index is 12.0. The van der Waals surface area contributed by atoms with E-state index in [1.807, 2.05) is 66.9 Å². The number of thioether (sulfide) groups is 1. The van der Waals surface area contributed by atoms with E-state index < -0.39 is 0 Å². The smallest absolute Gasteiger partial charge is 0.290 e. The van der Waals surface area contributed by atoms with Crippen molar-refractivity contribution < 1.29 is 9.59 Å². The molecule has 6 heteroatoms. The standard InChI is InChI=1S/C26H17N3O2S/c27-14-19-5-1-2-6-21(19)18-11-9-17(10-12-18)15-29-16-20(22-7-3-4-8-23(22)29)13-24-25(30)28-26(31)32-24/h1-13,16H,15H2,(H,28,30,31)/b24-13-. The van der Waals surface area contributed by atoms with Gasteiger partial charge in [0, 0.05) is 29.2 Å². The number of carbonyl (C=O) groups is 2. The van der Waals surface area contributed by atoms with Gasteiger partial charge in [-0.15, -0.1) is 0 Å². The lowest BCUT2D eigenvalue weighted by Crippen LogP contribution is -2.17. The Bertz CT molecular complexity index is 1440. The predicted molar refractivity (Wildman–Crippen MR) is 127 cm³/mol. The molecular weight excluding hydrogens is 418 g/mol. The zero-order chi connectivity index (χ0) is 22.1. The molecule has 0 spiro atoms. The van der Waals surface area contributed by atoms with Gasteiger partial charge in [0.15, 0.2) is 0 Å². The molecule has 0 atom stereocenters. The summed E-state index contributed by atoms with van der Waals surface area (Å²) in [6.07, 6.45) is 3.78.